The monoisotopic (exact) mass is 401 g/mol. The Kier molecular flexibility index (Phi) is 4.90. The minimum absolute atomic E-state index is 0.157. The first-order chi connectivity index (χ1) is 14.3. The number of rotatable bonds is 4. The Morgan fingerprint density at radius 1 is 1.00 bits per heavy atom. The highest BCUT2D eigenvalue weighted by atomic mass is 32.1. The second-order valence-electron chi connectivity index (χ2n) is 7.58. The molecule has 0 spiro atoms. The second kappa shape index (κ2) is 7.84. The third-order valence-corrected chi connectivity index (χ3v) is 6.44. The van der Waals surface area contributed by atoms with E-state index in [-0.39, 0.29) is 5.91 Å². The number of piperidine rings is 1. The molecule has 0 saturated carbocycles. The van der Waals surface area contributed by atoms with Crippen LogP contribution in [0.5, 0.6) is 0 Å². The van der Waals surface area contributed by atoms with E-state index >= 15 is 0 Å². The maximum Gasteiger partial charge on any atom is 0.254 e. The number of carbonyl (C=O) groups is 1. The van der Waals surface area contributed by atoms with Crippen molar-refractivity contribution >= 4 is 28.3 Å². The third-order valence-electron chi connectivity index (χ3n) is 5.76. The summed E-state index contributed by atoms with van der Waals surface area (Å²) in [4.78, 5) is 19.6. The van der Waals surface area contributed by atoms with Crippen molar-refractivity contribution < 1.29 is 4.79 Å². The molecule has 2 aromatic carbocycles. The van der Waals surface area contributed by atoms with Gasteiger partial charge >= 0.3 is 0 Å². The predicted molar refractivity (Wildman–Crippen MR) is 117 cm³/mol. The molecule has 3 heterocycles. The maximum atomic E-state index is 12.7. The Morgan fingerprint density at radius 3 is 2.52 bits per heavy atom. The highest BCUT2D eigenvalue weighted by Crippen LogP contribution is 2.30. The first-order valence-corrected chi connectivity index (χ1v) is 11.0. The lowest BCUT2D eigenvalue weighted by Crippen LogP contribution is -2.39. The van der Waals surface area contributed by atoms with Gasteiger partial charge in [0, 0.05) is 30.9 Å². The van der Waals surface area contributed by atoms with Gasteiger partial charge in [-0.25, -0.2) is 4.98 Å². The molecular weight excluding hydrogens is 378 g/mol. The molecule has 4 aromatic rings. The SMILES string of the molecule is O=C(c1ccsc1)N1CCC(n2c(Cc3ccccc3)nc3ccccc32)CC1. The minimum atomic E-state index is 0.157. The highest BCUT2D eigenvalue weighted by Gasteiger charge is 2.27. The zero-order valence-electron chi connectivity index (χ0n) is 16.2. The molecule has 1 aliphatic rings. The van der Waals surface area contributed by atoms with Crippen molar-refractivity contribution in [2.24, 2.45) is 0 Å². The van der Waals surface area contributed by atoms with Gasteiger partial charge in [-0.05, 0) is 42.0 Å². The molecule has 0 atom stereocenters. The number of aromatic nitrogens is 2. The zero-order valence-corrected chi connectivity index (χ0v) is 17.0. The number of benzene rings is 2. The van der Waals surface area contributed by atoms with Crippen LogP contribution in [0.1, 0.15) is 40.6 Å². The standard InChI is InChI=1S/C24H23N3OS/c28-24(19-12-15-29-17-19)26-13-10-20(11-14-26)27-22-9-5-4-8-21(22)25-23(27)16-18-6-2-1-3-7-18/h1-9,12,15,17,20H,10-11,13-14,16H2. The number of hydrogen-bond acceptors (Lipinski definition) is 3. The summed E-state index contributed by atoms with van der Waals surface area (Å²) in [5, 5.41) is 3.91. The van der Waals surface area contributed by atoms with Crippen molar-refractivity contribution in [1.29, 1.82) is 0 Å². The van der Waals surface area contributed by atoms with Crippen LogP contribution in [-0.4, -0.2) is 33.4 Å². The highest BCUT2D eigenvalue weighted by molar-refractivity contribution is 7.08. The van der Waals surface area contributed by atoms with E-state index in [1.54, 1.807) is 11.3 Å². The van der Waals surface area contributed by atoms with Gasteiger partial charge in [0.1, 0.15) is 5.82 Å². The predicted octanol–water partition coefficient (Wildman–Crippen LogP) is 5.17. The van der Waals surface area contributed by atoms with E-state index in [1.165, 1.54) is 11.1 Å². The van der Waals surface area contributed by atoms with E-state index in [0.717, 1.165) is 49.3 Å². The summed E-state index contributed by atoms with van der Waals surface area (Å²) in [7, 11) is 0. The third kappa shape index (κ3) is 3.58. The Bertz CT molecular complexity index is 1110. The van der Waals surface area contributed by atoms with Crippen molar-refractivity contribution in [3.05, 3.63) is 88.4 Å². The van der Waals surface area contributed by atoms with Crippen LogP contribution < -0.4 is 0 Å². The fraction of sp³-hybridized carbons (Fsp3) is 0.250. The van der Waals surface area contributed by atoms with Gasteiger partial charge in [-0.15, -0.1) is 0 Å². The maximum absolute atomic E-state index is 12.7. The zero-order chi connectivity index (χ0) is 19.6. The molecule has 1 fully saturated rings. The van der Waals surface area contributed by atoms with Crippen molar-refractivity contribution in [2.75, 3.05) is 13.1 Å². The van der Waals surface area contributed by atoms with E-state index in [9.17, 15) is 4.79 Å². The summed E-state index contributed by atoms with van der Waals surface area (Å²) in [5.74, 6) is 1.27. The summed E-state index contributed by atoms with van der Waals surface area (Å²) in [6, 6.07) is 21.2. The van der Waals surface area contributed by atoms with Crippen LogP contribution >= 0.6 is 11.3 Å². The fourth-order valence-corrected chi connectivity index (χ4v) is 4.93. The van der Waals surface area contributed by atoms with Crippen molar-refractivity contribution in [2.45, 2.75) is 25.3 Å². The van der Waals surface area contributed by atoms with Crippen LogP contribution in [0, 0.1) is 0 Å². The summed E-state index contributed by atoms with van der Waals surface area (Å²) in [6.07, 6.45) is 2.74. The van der Waals surface area contributed by atoms with Crippen LogP contribution in [0.3, 0.4) is 0 Å². The Morgan fingerprint density at radius 2 is 1.76 bits per heavy atom. The van der Waals surface area contributed by atoms with Crippen LogP contribution in [-0.2, 0) is 6.42 Å². The molecule has 1 amide bonds. The molecule has 0 bridgehead atoms. The van der Waals surface area contributed by atoms with Crippen LogP contribution in [0.4, 0.5) is 0 Å². The van der Waals surface area contributed by atoms with Crippen molar-refractivity contribution in [3.63, 3.8) is 0 Å². The molecule has 146 valence electrons. The Hall–Kier alpha value is -2.92. The van der Waals surface area contributed by atoms with Gasteiger partial charge in [0.25, 0.3) is 5.91 Å². The number of carbonyl (C=O) groups excluding carboxylic acids is 1. The van der Waals surface area contributed by atoms with Crippen LogP contribution in [0.15, 0.2) is 71.4 Å². The van der Waals surface area contributed by atoms with Gasteiger partial charge in [-0.3, -0.25) is 4.79 Å². The van der Waals surface area contributed by atoms with Gasteiger partial charge in [0.15, 0.2) is 0 Å². The molecule has 0 unspecified atom stereocenters. The van der Waals surface area contributed by atoms with Gasteiger partial charge in [-0.1, -0.05) is 42.5 Å². The average molecular weight is 402 g/mol. The topological polar surface area (TPSA) is 38.1 Å². The number of thiophene rings is 1. The summed E-state index contributed by atoms with van der Waals surface area (Å²) >= 11 is 1.57. The number of imidazole rings is 1. The number of amides is 1. The molecule has 0 aliphatic carbocycles. The van der Waals surface area contributed by atoms with Crippen LogP contribution in [0.25, 0.3) is 11.0 Å². The van der Waals surface area contributed by atoms with E-state index in [1.807, 2.05) is 33.9 Å². The van der Waals surface area contributed by atoms with Gasteiger partial charge in [0.2, 0.25) is 0 Å². The summed E-state index contributed by atoms with van der Waals surface area (Å²) in [6.45, 7) is 1.58. The Balaban J connectivity index is 1.41. The number of fused-ring (bicyclic) bond motifs is 1. The molecule has 4 nitrogen and oxygen atoms in total. The molecule has 0 N–H and O–H groups in total. The molecule has 5 rings (SSSR count). The number of para-hydroxylation sites is 2. The quantitative estimate of drug-likeness (QED) is 0.473. The number of likely N-dealkylation sites (tertiary alicyclic amines) is 1. The average Bonchev–Trinajstić information content (AvgIpc) is 3.42. The lowest BCUT2D eigenvalue weighted by molar-refractivity contribution is 0.0696. The molecule has 5 heteroatoms. The van der Waals surface area contributed by atoms with Gasteiger partial charge in [0.05, 0.1) is 16.6 Å². The van der Waals surface area contributed by atoms with Gasteiger partial charge < -0.3 is 9.47 Å². The minimum Gasteiger partial charge on any atom is -0.338 e. The lowest BCUT2D eigenvalue weighted by Gasteiger charge is -2.33. The fourth-order valence-electron chi connectivity index (χ4n) is 4.30. The Labute approximate surface area is 174 Å². The molecule has 1 saturated heterocycles. The van der Waals surface area contributed by atoms with E-state index in [0.29, 0.717) is 6.04 Å². The normalized spacial score (nSPS) is 15.1. The smallest absolute Gasteiger partial charge is 0.254 e. The number of hydrogen-bond donors (Lipinski definition) is 0. The van der Waals surface area contributed by atoms with E-state index in [2.05, 4.69) is 47.0 Å². The molecule has 0 radical (unpaired) electrons. The number of nitrogens with zero attached hydrogens (tertiary/aromatic N) is 3. The van der Waals surface area contributed by atoms with Crippen molar-refractivity contribution in [1.82, 2.24) is 14.5 Å². The van der Waals surface area contributed by atoms with E-state index < -0.39 is 0 Å². The lowest BCUT2D eigenvalue weighted by atomic mass is 10.0. The summed E-state index contributed by atoms with van der Waals surface area (Å²) in [5.41, 5.74) is 4.33. The largest absolute Gasteiger partial charge is 0.338 e. The van der Waals surface area contributed by atoms with E-state index in [4.69, 9.17) is 4.98 Å². The van der Waals surface area contributed by atoms with Gasteiger partial charge in [-0.2, -0.15) is 11.3 Å². The second-order valence-corrected chi connectivity index (χ2v) is 8.36. The molecule has 1 aliphatic heterocycles. The molecule has 2 aromatic heterocycles. The molecule has 29 heavy (non-hydrogen) atoms. The summed E-state index contributed by atoms with van der Waals surface area (Å²) < 4.78 is 2.43. The first-order valence-electron chi connectivity index (χ1n) is 10.1. The first kappa shape index (κ1) is 18.1. The van der Waals surface area contributed by atoms with Crippen LogP contribution in [0.2, 0.25) is 0 Å². The molecular formula is C24H23N3OS. The van der Waals surface area contributed by atoms with Crippen molar-refractivity contribution in [3.8, 4) is 0 Å².